The van der Waals surface area contributed by atoms with Crippen molar-refractivity contribution in [3.63, 3.8) is 0 Å². The topological polar surface area (TPSA) is 66.0 Å². The Balaban J connectivity index is 0.000000186. The van der Waals surface area contributed by atoms with E-state index in [1.807, 2.05) is 6.92 Å². The van der Waals surface area contributed by atoms with Crippen LogP contribution in [-0.2, 0) is 22.2 Å². The van der Waals surface area contributed by atoms with E-state index in [-0.39, 0.29) is 4.90 Å². The van der Waals surface area contributed by atoms with E-state index in [2.05, 4.69) is 41.7 Å². The minimum Gasteiger partial charge on any atom is -0.744 e. The van der Waals surface area contributed by atoms with Gasteiger partial charge in [-0.05, 0) is 58.6 Å². The lowest BCUT2D eigenvalue weighted by Gasteiger charge is -2.30. The van der Waals surface area contributed by atoms with Crippen LogP contribution in [0.5, 0.6) is 0 Å². The highest BCUT2D eigenvalue weighted by Crippen LogP contribution is 2.33. The highest BCUT2D eigenvalue weighted by Gasteiger charge is 2.32. The Kier molecular flexibility index (Phi) is 6.41. The van der Waals surface area contributed by atoms with Crippen molar-refractivity contribution in [1.29, 1.82) is 0 Å². The van der Waals surface area contributed by atoms with Gasteiger partial charge in [0.15, 0.2) is 0 Å². The fourth-order valence-corrected chi connectivity index (χ4v) is 3.65. The average molecular weight is 365 g/mol. The Morgan fingerprint density at radius 3 is 2.24 bits per heavy atom. The molecule has 0 saturated heterocycles. The first-order chi connectivity index (χ1) is 11.7. The van der Waals surface area contributed by atoms with Crippen molar-refractivity contribution in [2.45, 2.75) is 69.9 Å². The van der Waals surface area contributed by atoms with Crippen molar-refractivity contribution in [2.24, 2.45) is 0 Å². The van der Waals surface area contributed by atoms with Gasteiger partial charge in [0.25, 0.3) is 0 Å². The maximum Gasteiger partial charge on any atom is 0.244 e. The average Bonchev–Trinajstić information content (AvgIpc) is 3.06. The van der Waals surface area contributed by atoms with E-state index in [0.717, 1.165) is 12.1 Å². The summed E-state index contributed by atoms with van der Waals surface area (Å²) in [6.07, 6.45) is 13.5. The number of hydrogen-bond donors (Lipinski definition) is 0. The zero-order valence-corrected chi connectivity index (χ0v) is 16.1. The van der Waals surface area contributed by atoms with E-state index in [4.69, 9.17) is 0 Å². The molecule has 1 aromatic heterocycles. The summed E-state index contributed by atoms with van der Waals surface area (Å²) in [6.45, 7) is 7.48. The third kappa shape index (κ3) is 5.41. The van der Waals surface area contributed by atoms with E-state index >= 15 is 0 Å². The highest BCUT2D eigenvalue weighted by atomic mass is 32.2. The van der Waals surface area contributed by atoms with Crippen molar-refractivity contribution in [2.75, 3.05) is 0 Å². The molecule has 3 rings (SSSR count). The lowest BCUT2D eigenvalue weighted by molar-refractivity contribution is -0.693. The first kappa shape index (κ1) is 19.7. The summed E-state index contributed by atoms with van der Waals surface area (Å²) in [7, 11) is -4.27. The van der Waals surface area contributed by atoms with Gasteiger partial charge >= 0.3 is 0 Å². The molecule has 1 aliphatic carbocycles. The standard InChI is InChI=1S/C12H21N2.C7H8O3S/c1-3-13-9-10-14(11-13)12(2)7-5-4-6-8-12;1-6-2-4-7(5-3-6)11(8,9)10/h9-11H,3-8H2,1-2H3;2-5H,1H3,(H,8,9,10)/q+1;/p-1. The molecule has 6 heteroatoms. The molecule has 0 spiro atoms. The summed E-state index contributed by atoms with van der Waals surface area (Å²) >= 11 is 0. The van der Waals surface area contributed by atoms with Crippen LogP contribution >= 0.6 is 0 Å². The van der Waals surface area contributed by atoms with Crippen LogP contribution < -0.4 is 4.57 Å². The molecule has 0 amide bonds. The summed E-state index contributed by atoms with van der Waals surface area (Å²) in [5, 5.41) is 0. The van der Waals surface area contributed by atoms with Gasteiger partial charge in [-0.25, -0.2) is 17.6 Å². The number of aromatic nitrogens is 2. The van der Waals surface area contributed by atoms with Crippen LogP contribution in [0, 0.1) is 6.92 Å². The summed E-state index contributed by atoms with van der Waals surface area (Å²) in [5.74, 6) is 0. The molecule has 0 atom stereocenters. The second kappa shape index (κ2) is 8.15. The van der Waals surface area contributed by atoms with Crippen molar-refractivity contribution in [3.8, 4) is 0 Å². The van der Waals surface area contributed by atoms with Crippen LogP contribution in [0.1, 0.15) is 51.5 Å². The zero-order chi connectivity index (χ0) is 18.5. The van der Waals surface area contributed by atoms with Crippen LogP contribution in [0.25, 0.3) is 0 Å². The number of hydrogen-bond acceptors (Lipinski definition) is 3. The zero-order valence-electron chi connectivity index (χ0n) is 15.3. The van der Waals surface area contributed by atoms with Crippen LogP contribution in [0.3, 0.4) is 0 Å². The smallest absolute Gasteiger partial charge is 0.244 e. The minimum atomic E-state index is -4.27. The van der Waals surface area contributed by atoms with Gasteiger partial charge in [0.1, 0.15) is 28.1 Å². The number of nitrogens with zero attached hydrogens (tertiary/aromatic N) is 2. The molecule has 5 nitrogen and oxygen atoms in total. The summed E-state index contributed by atoms with van der Waals surface area (Å²) < 4.78 is 35.8. The van der Waals surface area contributed by atoms with Crippen LogP contribution in [0.2, 0.25) is 0 Å². The quantitative estimate of drug-likeness (QED) is 0.619. The predicted octanol–water partition coefficient (Wildman–Crippen LogP) is 3.37. The lowest BCUT2D eigenvalue weighted by atomic mass is 9.83. The maximum atomic E-state index is 10.4. The van der Waals surface area contributed by atoms with Gasteiger partial charge in [0, 0.05) is 0 Å². The second-order valence-electron chi connectivity index (χ2n) is 6.98. The number of imidazole rings is 1. The molecule has 1 saturated carbocycles. The summed E-state index contributed by atoms with van der Waals surface area (Å²) in [4.78, 5) is -0.178. The third-order valence-electron chi connectivity index (χ3n) is 4.92. The van der Waals surface area contributed by atoms with Gasteiger partial charge in [-0.2, -0.15) is 0 Å². The first-order valence-electron chi connectivity index (χ1n) is 8.85. The summed E-state index contributed by atoms with van der Waals surface area (Å²) in [5.41, 5.74) is 1.32. The molecule has 1 heterocycles. The lowest BCUT2D eigenvalue weighted by Crippen LogP contribution is -2.35. The maximum absolute atomic E-state index is 10.4. The van der Waals surface area contributed by atoms with Crippen LogP contribution in [0.4, 0.5) is 0 Å². The van der Waals surface area contributed by atoms with E-state index in [1.54, 1.807) is 12.1 Å². The molecule has 0 unspecified atom stereocenters. The second-order valence-corrected chi connectivity index (χ2v) is 8.36. The molecule has 0 radical (unpaired) electrons. The van der Waals surface area contributed by atoms with Crippen LogP contribution in [0.15, 0.2) is 47.9 Å². The monoisotopic (exact) mass is 364 g/mol. The Labute approximate surface area is 151 Å². The fraction of sp³-hybridized carbons (Fsp3) is 0.526. The Hall–Kier alpha value is -1.66. The molecular formula is C19H28N2O3S. The highest BCUT2D eigenvalue weighted by molar-refractivity contribution is 7.85. The molecular weight excluding hydrogens is 336 g/mol. The van der Waals surface area contributed by atoms with Gasteiger partial charge < -0.3 is 4.55 Å². The molecule has 2 aromatic rings. The van der Waals surface area contributed by atoms with E-state index < -0.39 is 10.1 Å². The molecule has 1 fully saturated rings. The molecule has 0 N–H and O–H groups in total. The van der Waals surface area contributed by atoms with Crippen LogP contribution in [-0.4, -0.2) is 17.5 Å². The SMILES string of the molecule is CC[n+]1ccn(C2(C)CCCCC2)c1.Cc1ccc(S(=O)(=O)[O-])cc1. The molecule has 138 valence electrons. The largest absolute Gasteiger partial charge is 0.744 e. The molecule has 0 bridgehead atoms. The first-order valence-corrected chi connectivity index (χ1v) is 10.3. The van der Waals surface area contributed by atoms with Crippen molar-refractivity contribution in [1.82, 2.24) is 4.57 Å². The number of benzene rings is 1. The minimum absolute atomic E-state index is 0.178. The Morgan fingerprint density at radius 2 is 1.76 bits per heavy atom. The third-order valence-corrected chi connectivity index (χ3v) is 5.77. The van der Waals surface area contributed by atoms with Gasteiger partial charge in [-0.3, -0.25) is 0 Å². The van der Waals surface area contributed by atoms with Crippen molar-refractivity contribution in [3.05, 3.63) is 48.5 Å². The fourth-order valence-electron chi connectivity index (χ4n) is 3.18. The molecule has 0 aliphatic heterocycles. The van der Waals surface area contributed by atoms with Crippen molar-refractivity contribution >= 4 is 10.1 Å². The number of aryl methyl sites for hydroxylation is 2. The van der Waals surface area contributed by atoms with Gasteiger partial charge in [-0.1, -0.05) is 24.1 Å². The number of rotatable bonds is 3. The molecule has 1 aromatic carbocycles. The van der Waals surface area contributed by atoms with E-state index in [0.29, 0.717) is 5.54 Å². The van der Waals surface area contributed by atoms with Gasteiger partial charge in [0.05, 0.1) is 11.4 Å². The van der Waals surface area contributed by atoms with E-state index in [1.165, 1.54) is 44.2 Å². The van der Waals surface area contributed by atoms with E-state index in [9.17, 15) is 13.0 Å². The molecule has 25 heavy (non-hydrogen) atoms. The van der Waals surface area contributed by atoms with Gasteiger partial charge in [-0.15, -0.1) is 0 Å². The predicted molar refractivity (Wildman–Crippen MR) is 96.2 cm³/mol. The van der Waals surface area contributed by atoms with Crippen molar-refractivity contribution < 1.29 is 17.5 Å². The Morgan fingerprint density at radius 1 is 1.16 bits per heavy atom. The molecule has 1 aliphatic rings. The summed E-state index contributed by atoms with van der Waals surface area (Å²) in [6, 6.07) is 5.78. The van der Waals surface area contributed by atoms with Gasteiger partial charge in [0.2, 0.25) is 6.33 Å². The normalized spacial score (nSPS) is 16.8. The Bertz CT molecular complexity index is 773.